The van der Waals surface area contributed by atoms with Crippen molar-refractivity contribution >= 4 is 44.4 Å². The van der Waals surface area contributed by atoms with Crippen molar-refractivity contribution in [2.24, 2.45) is 0 Å². The second-order valence-corrected chi connectivity index (χ2v) is 18.2. The van der Waals surface area contributed by atoms with Crippen LogP contribution in [0.25, 0.3) is 16.7 Å². The van der Waals surface area contributed by atoms with Crippen molar-refractivity contribution in [3.05, 3.63) is 97.1 Å². The number of carboxylic acid groups (broad SMARTS) is 1. The van der Waals surface area contributed by atoms with Gasteiger partial charge in [-0.15, -0.1) is 0 Å². The number of hydrogen-bond donors (Lipinski definition) is 5. The number of carbonyl (C=O) groups is 1. The standard InChI is InChI=1S/C38H36F4N2O11P2/c1-37(2)13-17(15-53-56(47,48)49)21-11-23-25(26-27(36(45)46)29(40)31(42)30(41)28(26)39)24-12-22-18(16-54-57(50,51)52)14-38(3,4)44-10-6-8-20(33(22)44)35(24)55-34(23)19-7-5-9-43(37)32(19)21/h11-14H,5-10,15-16H2,1-4H3,(H4-,45,46,47,48,49,50,51,52)/p+1. The number of benzene rings is 3. The van der Waals surface area contributed by atoms with E-state index >= 15 is 13.2 Å². The van der Waals surface area contributed by atoms with E-state index in [9.17, 15) is 43.3 Å². The first kappa shape index (κ1) is 39.8. The Bertz CT molecular complexity index is 2600. The van der Waals surface area contributed by atoms with E-state index in [0.717, 1.165) is 0 Å². The fraction of sp³-hybridized carbons (Fsp3) is 0.368. The van der Waals surface area contributed by atoms with Crippen molar-refractivity contribution in [3.8, 4) is 11.5 Å². The fourth-order valence-corrected chi connectivity index (χ4v) is 9.71. The van der Waals surface area contributed by atoms with Gasteiger partial charge in [0.2, 0.25) is 5.36 Å². The van der Waals surface area contributed by atoms with Crippen LogP contribution in [0, 0.1) is 23.3 Å². The Morgan fingerprint density at radius 1 is 0.930 bits per heavy atom. The van der Waals surface area contributed by atoms with Gasteiger partial charge in [0, 0.05) is 59.9 Å². The fourth-order valence-electron chi connectivity index (χ4n) is 9.09. The third kappa shape index (κ3) is 6.44. The smallest absolute Gasteiger partial charge is 0.469 e. The third-order valence-electron chi connectivity index (χ3n) is 11.2. The van der Waals surface area contributed by atoms with Crippen LogP contribution in [-0.4, -0.2) is 68.0 Å². The first-order chi connectivity index (χ1) is 26.5. The van der Waals surface area contributed by atoms with E-state index in [2.05, 4.69) is 9.48 Å². The molecular formula is C38H37F4N2O11P2+. The van der Waals surface area contributed by atoms with Crippen LogP contribution in [0.5, 0.6) is 11.5 Å². The summed E-state index contributed by atoms with van der Waals surface area (Å²) >= 11 is 0. The van der Waals surface area contributed by atoms with Gasteiger partial charge in [-0.2, -0.15) is 14.3 Å². The molecule has 3 aromatic carbocycles. The number of ether oxygens (including phenoxy) is 1. The Labute approximate surface area is 323 Å². The lowest BCUT2D eigenvalue weighted by Crippen LogP contribution is -2.53. The van der Waals surface area contributed by atoms with E-state index in [4.69, 9.17) is 13.8 Å². The van der Waals surface area contributed by atoms with Crippen LogP contribution in [0.4, 0.5) is 23.2 Å². The quantitative estimate of drug-likeness (QED) is 0.0565. The predicted octanol–water partition coefficient (Wildman–Crippen LogP) is 3.98. The van der Waals surface area contributed by atoms with Crippen molar-refractivity contribution < 1.29 is 70.3 Å². The summed E-state index contributed by atoms with van der Waals surface area (Å²) in [7, 11) is -10.0. The molecule has 19 heteroatoms. The summed E-state index contributed by atoms with van der Waals surface area (Å²) in [4.78, 5) is 65.3. The molecule has 0 amide bonds. The zero-order chi connectivity index (χ0) is 41.3. The molecule has 57 heavy (non-hydrogen) atoms. The monoisotopic (exact) mass is 835 g/mol. The van der Waals surface area contributed by atoms with E-state index in [1.807, 2.05) is 27.7 Å². The minimum Gasteiger partial charge on any atom is -0.606 e. The molecule has 0 spiro atoms. The SMILES string of the molecule is CC1(C)C=C(COP(=O)(O)O)c2cc3c(c4c2N1CCC4)Oc1c2c4c(cc1=C3c1c(F)c(F)c(F)c(F)c1C(=O)O)C(CO[P+]([O-])(O)O)=CC(C)(C)[N+]=4CCC2. The lowest BCUT2D eigenvalue weighted by Gasteiger charge is -2.47. The summed E-state index contributed by atoms with van der Waals surface area (Å²) in [5.41, 5.74) is -1.58. The number of carboxylic acids is 1. The number of phosphoric ester groups is 2. The van der Waals surface area contributed by atoms with Crippen LogP contribution < -0.4 is 29.7 Å². The highest BCUT2D eigenvalue weighted by molar-refractivity contribution is 7.51. The van der Waals surface area contributed by atoms with Gasteiger partial charge >= 0.3 is 22.0 Å². The summed E-state index contributed by atoms with van der Waals surface area (Å²) in [5, 5.41) is 10.9. The highest BCUT2D eigenvalue weighted by Gasteiger charge is 2.45. The average Bonchev–Trinajstić information content (AvgIpc) is 3.12. The Hall–Kier alpha value is -4.02. The molecule has 0 unspecified atom stereocenters. The molecule has 0 saturated heterocycles. The van der Waals surface area contributed by atoms with Gasteiger partial charge in [-0.3, -0.25) is 4.52 Å². The molecule has 5 aliphatic heterocycles. The largest absolute Gasteiger partial charge is 0.606 e. The van der Waals surface area contributed by atoms with Gasteiger partial charge in [-0.1, -0.05) is 6.08 Å². The normalized spacial score (nSPS) is 18.9. The molecular weight excluding hydrogens is 798 g/mol. The molecule has 0 bridgehead atoms. The van der Waals surface area contributed by atoms with E-state index < -0.39 is 80.6 Å². The number of anilines is 1. The Balaban J connectivity index is 1.56. The summed E-state index contributed by atoms with van der Waals surface area (Å²) in [6.07, 6.45) is 5.31. The Morgan fingerprint density at radius 3 is 2.26 bits per heavy atom. The molecule has 3 aromatic rings. The van der Waals surface area contributed by atoms with Crippen molar-refractivity contribution in [3.63, 3.8) is 0 Å². The second-order valence-electron chi connectivity index (χ2n) is 15.7. The maximum absolute atomic E-state index is 16.5. The molecule has 302 valence electrons. The minimum absolute atomic E-state index is 0.0559. The molecule has 0 radical (unpaired) electrons. The number of halogens is 4. The van der Waals surface area contributed by atoms with Crippen LogP contribution in [0.3, 0.4) is 0 Å². The first-order valence-corrected chi connectivity index (χ1v) is 21.0. The highest BCUT2D eigenvalue weighted by Crippen LogP contribution is 2.54. The van der Waals surface area contributed by atoms with Gasteiger partial charge in [-0.25, -0.2) is 31.5 Å². The van der Waals surface area contributed by atoms with Crippen molar-refractivity contribution in [2.45, 2.75) is 64.5 Å². The van der Waals surface area contributed by atoms with Crippen molar-refractivity contribution in [2.75, 3.05) is 31.2 Å². The van der Waals surface area contributed by atoms with Gasteiger partial charge in [0.1, 0.15) is 30.2 Å². The van der Waals surface area contributed by atoms with E-state index in [-0.39, 0.29) is 27.9 Å². The highest BCUT2D eigenvalue weighted by atomic mass is 31.2. The predicted molar refractivity (Wildman–Crippen MR) is 197 cm³/mol. The molecule has 13 nitrogen and oxygen atoms in total. The molecule has 5 heterocycles. The van der Waals surface area contributed by atoms with E-state index in [1.165, 1.54) is 12.1 Å². The van der Waals surface area contributed by atoms with Crippen molar-refractivity contribution in [1.82, 2.24) is 4.58 Å². The molecule has 0 saturated carbocycles. The van der Waals surface area contributed by atoms with Gasteiger partial charge < -0.3 is 29.4 Å². The van der Waals surface area contributed by atoms with Crippen LogP contribution in [0.2, 0.25) is 0 Å². The first-order valence-electron chi connectivity index (χ1n) is 18.0. The number of rotatable bonds is 8. The topological polar surface area (TPSA) is 192 Å². The average molecular weight is 836 g/mol. The maximum atomic E-state index is 16.5. The molecule has 0 aliphatic carbocycles. The van der Waals surface area contributed by atoms with Gasteiger partial charge in [0.25, 0.3) is 0 Å². The minimum atomic E-state index is -5.01. The summed E-state index contributed by atoms with van der Waals surface area (Å²) in [6, 6.07) is 2.90. The molecule has 0 fully saturated rings. The Kier molecular flexibility index (Phi) is 9.25. The summed E-state index contributed by atoms with van der Waals surface area (Å²) < 4.78 is 93.3. The lowest BCUT2D eigenvalue weighted by atomic mass is 9.78. The number of phosphoric acid groups is 2. The van der Waals surface area contributed by atoms with Gasteiger partial charge in [-0.05, 0) is 62.5 Å². The van der Waals surface area contributed by atoms with Crippen LogP contribution in [-0.2, 0) is 26.5 Å². The number of hydrogen-bond acceptors (Lipinski definition) is 9. The van der Waals surface area contributed by atoms with Crippen molar-refractivity contribution in [1.29, 1.82) is 0 Å². The zero-order valence-corrected chi connectivity index (χ0v) is 32.7. The molecule has 8 rings (SSSR count). The number of fused-ring (bicyclic) bond motifs is 4. The molecule has 0 atom stereocenters. The van der Waals surface area contributed by atoms with Crippen LogP contribution in [0.1, 0.15) is 84.3 Å². The number of nitrogens with zero attached hydrogens (tertiary/aromatic N) is 2. The molecule has 5 aliphatic rings. The van der Waals surface area contributed by atoms with Gasteiger partial charge in [0.15, 0.2) is 28.8 Å². The van der Waals surface area contributed by atoms with Crippen LogP contribution >= 0.6 is 16.0 Å². The lowest BCUT2D eigenvalue weighted by molar-refractivity contribution is -0.235. The van der Waals surface area contributed by atoms with E-state index in [1.54, 1.807) is 12.2 Å². The van der Waals surface area contributed by atoms with Gasteiger partial charge in [0.05, 0.1) is 29.0 Å². The second kappa shape index (κ2) is 13.2. The maximum Gasteiger partial charge on any atom is 0.469 e. The summed E-state index contributed by atoms with van der Waals surface area (Å²) in [6.45, 7) is 7.47. The van der Waals surface area contributed by atoms with Crippen LogP contribution in [0.15, 0.2) is 24.3 Å². The molecule has 5 N–H and O–H groups in total. The van der Waals surface area contributed by atoms with E-state index in [0.29, 0.717) is 83.2 Å². The Morgan fingerprint density at radius 2 is 1.60 bits per heavy atom. The zero-order valence-electron chi connectivity index (χ0n) is 31.0. The number of aromatic carboxylic acids is 1. The third-order valence-corrected chi connectivity index (χ3v) is 12.2. The molecule has 0 aromatic heterocycles. The summed E-state index contributed by atoms with van der Waals surface area (Å²) in [5.74, 6) is -10.6.